The van der Waals surface area contributed by atoms with Gasteiger partial charge in [0.25, 0.3) is 0 Å². The Bertz CT molecular complexity index is 439. The van der Waals surface area contributed by atoms with Gasteiger partial charge in [0.2, 0.25) is 0 Å². The Labute approximate surface area is 121 Å². The second-order valence-electron chi connectivity index (χ2n) is 6.48. The zero-order chi connectivity index (χ0) is 14.0. The molecule has 2 atom stereocenters. The molecule has 1 saturated carbocycles. The van der Waals surface area contributed by atoms with Crippen LogP contribution in [0.25, 0.3) is 0 Å². The van der Waals surface area contributed by atoms with Crippen LogP contribution in [-0.2, 0) is 11.2 Å². The Hall–Kier alpha value is -0.870. The van der Waals surface area contributed by atoms with Crippen LogP contribution >= 0.6 is 0 Å². The molecule has 2 fully saturated rings. The van der Waals surface area contributed by atoms with E-state index in [-0.39, 0.29) is 6.10 Å². The number of hydrogen-bond acceptors (Lipinski definition) is 3. The van der Waals surface area contributed by atoms with Crippen molar-refractivity contribution < 1.29 is 9.84 Å². The van der Waals surface area contributed by atoms with Gasteiger partial charge in [0, 0.05) is 25.6 Å². The summed E-state index contributed by atoms with van der Waals surface area (Å²) >= 11 is 0. The standard InChI is InChI=1S/C16H26N2O2/c1-2-15-12-16(19,8-10-20-15)11-13-7-9-18(17-13)14-5-3-4-6-14/h7,9,14-15,19H,2-6,8,10-12H2,1H3. The van der Waals surface area contributed by atoms with Crippen molar-refractivity contribution in [2.75, 3.05) is 6.61 Å². The van der Waals surface area contributed by atoms with Crippen LogP contribution in [0.1, 0.15) is 63.6 Å². The van der Waals surface area contributed by atoms with Crippen molar-refractivity contribution in [3.63, 3.8) is 0 Å². The van der Waals surface area contributed by atoms with Gasteiger partial charge in [-0.05, 0) is 31.7 Å². The third-order valence-corrected chi connectivity index (χ3v) is 4.86. The normalized spacial score (nSPS) is 31.8. The van der Waals surface area contributed by atoms with Gasteiger partial charge in [-0.25, -0.2) is 0 Å². The van der Waals surface area contributed by atoms with E-state index in [1.807, 2.05) is 0 Å². The van der Waals surface area contributed by atoms with Gasteiger partial charge in [0.15, 0.2) is 0 Å². The highest BCUT2D eigenvalue weighted by Crippen LogP contribution is 2.31. The van der Waals surface area contributed by atoms with Crippen molar-refractivity contribution in [1.82, 2.24) is 9.78 Å². The molecule has 1 aromatic rings. The van der Waals surface area contributed by atoms with Crippen LogP contribution in [0.15, 0.2) is 12.3 Å². The zero-order valence-corrected chi connectivity index (χ0v) is 12.4. The van der Waals surface area contributed by atoms with E-state index in [9.17, 15) is 5.11 Å². The second-order valence-corrected chi connectivity index (χ2v) is 6.48. The Morgan fingerprint density at radius 3 is 3.00 bits per heavy atom. The van der Waals surface area contributed by atoms with Crippen LogP contribution in [0.2, 0.25) is 0 Å². The first kappa shape index (κ1) is 14.1. The molecule has 1 aliphatic heterocycles. The largest absolute Gasteiger partial charge is 0.389 e. The van der Waals surface area contributed by atoms with E-state index >= 15 is 0 Å². The molecule has 112 valence electrons. The molecule has 4 heteroatoms. The Morgan fingerprint density at radius 1 is 1.45 bits per heavy atom. The minimum atomic E-state index is -0.631. The number of nitrogens with zero attached hydrogens (tertiary/aromatic N) is 2. The van der Waals surface area contributed by atoms with Gasteiger partial charge >= 0.3 is 0 Å². The highest BCUT2D eigenvalue weighted by atomic mass is 16.5. The minimum absolute atomic E-state index is 0.200. The number of rotatable bonds is 4. The lowest BCUT2D eigenvalue weighted by atomic mass is 9.85. The number of ether oxygens (including phenoxy) is 1. The molecule has 20 heavy (non-hydrogen) atoms. The SMILES string of the molecule is CCC1CC(O)(Cc2ccn(C3CCCC3)n2)CCO1. The van der Waals surface area contributed by atoms with Gasteiger partial charge in [0.1, 0.15) is 0 Å². The Balaban J connectivity index is 1.64. The third kappa shape index (κ3) is 3.07. The quantitative estimate of drug-likeness (QED) is 0.921. The highest BCUT2D eigenvalue weighted by Gasteiger charge is 2.35. The van der Waals surface area contributed by atoms with Gasteiger partial charge < -0.3 is 9.84 Å². The molecule has 2 unspecified atom stereocenters. The maximum absolute atomic E-state index is 10.8. The van der Waals surface area contributed by atoms with E-state index in [4.69, 9.17) is 9.84 Å². The van der Waals surface area contributed by atoms with Crippen LogP contribution < -0.4 is 0 Å². The molecule has 2 aliphatic rings. The van der Waals surface area contributed by atoms with Crippen LogP contribution in [-0.4, -0.2) is 33.2 Å². The number of aliphatic hydroxyl groups is 1. The molecule has 0 radical (unpaired) electrons. The number of hydrogen-bond donors (Lipinski definition) is 1. The summed E-state index contributed by atoms with van der Waals surface area (Å²) in [5.74, 6) is 0. The second kappa shape index (κ2) is 5.86. The van der Waals surface area contributed by atoms with E-state index in [1.165, 1.54) is 25.7 Å². The first-order valence-corrected chi connectivity index (χ1v) is 8.06. The molecule has 0 bridgehead atoms. The van der Waals surface area contributed by atoms with Crippen molar-refractivity contribution >= 4 is 0 Å². The van der Waals surface area contributed by atoms with Crippen LogP contribution in [0.3, 0.4) is 0 Å². The van der Waals surface area contributed by atoms with Crippen LogP contribution in [0.5, 0.6) is 0 Å². The summed E-state index contributed by atoms with van der Waals surface area (Å²) in [6.45, 7) is 2.78. The van der Waals surface area contributed by atoms with Crippen molar-refractivity contribution in [3.05, 3.63) is 18.0 Å². The molecule has 1 N–H and O–H groups in total. The summed E-state index contributed by atoms with van der Waals surface area (Å²) in [7, 11) is 0. The molecule has 3 rings (SSSR count). The average molecular weight is 278 g/mol. The maximum atomic E-state index is 10.8. The summed E-state index contributed by atoms with van der Waals surface area (Å²) in [5, 5.41) is 15.5. The lowest BCUT2D eigenvalue weighted by Gasteiger charge is -2.36. The van der Waals surface area contributed by atoms with E-state index in [1.54, 1.807) is 0 Å². The fourth-order valence-corrected chi connectivity index (χ4v) is 3.60. The van der Waals surface area contributed by atoms with E-state index in [0.29, 0.717) is 19.1 Å². The summed E-state index contributed by atoms with van der Waals surface area (Å²) in [4.78, 5) is 0. The predicted molar refractivity (Wildman–Crippen MR) is 77.7 cm³/mol. The molecule has 0 aromatic carbocycles. The monoisotopic (exact) mass is 278 g/mol. The zero-order valence-electron chi connectivity index (χ0n) is 12.4. The van der Waals surface area contributed by atoms with Gasteiger partial charge in [-0.2, -0.15) is 5.10 Å². The first-order valence-electron chi connectivity index (χ1n) is 8.06. The number of aromatic nitrogens is 2. The smallest absolute Gasteiger partial charge is 0.0750 e. The Kier molecular flexibility index (Phi) is 4.13. The van der Waals surface area contributed by atoms with E-state index < -0.39 is 5.60 Å². The first-order chi connectivity index (χ1) is 9.68. The summed E-state index contributed by atoms with van der Waals surface area (Å²) in [6, 6.07) is 2.66. The predicted octanol–water partition coefficient (Wildman–Crippen LogP) is 2.86. The molecule has 0 amide bonds. The molecular formula is C16H26N2O2. The van der Waals surface area contributed by atoms with Crippen molar-refractivity contribution in [2.45, 2.75) is 76.0 Å². The fourth-order valence-electron chi connectivity index (χ4n) is 3.60. The minimum Gasteiger partial charge on any atom is -0.389 e. The molecule has 2 heterocycles. The summed E-state index contributed by atoms with van der Waals surface area (Å²) in [6.07, 6.45) is 10.5. The average Bonchev–Trinajstić information content (AvgIpc) is 3.08. The molecule has 1 aromatic heterocycles. The van der Waals surface area contributed by atoms with Crippen LogP contribution in [0, 0.1) is 0 Å². The molecular weight excluding hydrogens is 252 g/mol. The van der Waals surface area contributed by atoms with Crippen molar-refractivity contribution in [1.29, 1.82) is 0 Å². The summed E-state index contributed by atoms with van der Waals surface area (Å²) < 4.78 is 7.77. The highest BCUT2D eigenvalue weighted by molar-refractivity contribution is 5.06. The molecule has 0 spiro atoms. The van der Waals surface area contributed by atoms with Crippen molar-refractivity contribution in [3.8, 4) is 0 Å². The van der Waals surface area contributed by atoms with Gasteiger partial charge in [-0.15, -0.1) is 0 Å². The van der Waals surface area contributed by atoms with Crippen molar-refractivity contribution in [2.24, 2.45) is 0 Å². The van der Waals surface area contributed by atoms with Gasteiger partial charge in [-0.1, -0.05) is 19.8 Å². The third-order valence-electron chi connectivity index (χ3n) is 4.86. The molecule has 4 nitrogen and oxygen atoms in total. The van der Waals surface area contributed by atoms with E-state index in [0.717, 1.165) is 25.0 Å². The fraction of sp³-hybridized carbons (Fsp3) is 0.812. The lowest BCUT2D eigenvalue weighted by Crippen LogP contribution is -2.42. The lowest BCUT2D eigenvalue weighted by molar-refractivity contribution is -0.103. The van der Waals surface area contributed by atoms with Crippen LogP contribution in [0.4, 0.5) is 0 Å². The van der Waals surface area contributed by atoms with Gasteiger partial charge in [0.05, 0.1) is 23.4 Å². The van der Waals surface area contributed by atoms with Gasteiger partial charge in [-0.3, -0.25) is 4.68 Å². The topological polar surface area (TPSA) is 47.3 Å². The molecule has 1 aliphatic carbocycles. The van der Waals surface area contributed by atoms with E-state index in [2.05, 4.69) is 23.9 Å². The molecule has 1 saturated heterocycles. The Morgan fingerprint density at radius 2 is 2.25 bits per heavy atom. The maximum Gasteiger partial charge on any atom is 0.0750 e. The summed E-state index contributed by atoms with van der Waals surface area (Å²) in [5.41, 5.74) is 0.393.